The Balaban J connectivity index is 1.53. The molecule has 0 bridgehead atoms. The number of carboxylic acids is 1. The fourth-order valence-electron chi connectivity index (χ4n) is 3.47. The van der Waals surface area contributed by atoms with E-state index >= 15 is 0 Å². The molecule has 1 fully saturated rings. The quantitative estimate of drug-likeness (QED) is 0.611. The number of rotatable bonds is 6. The summed E-state index contributed by atoms with van der Waals surface area (Å²) < 4.78 is 31.0. The molecule has 1 aromatic carbocycles. The molecule has 3 aromatic rings. The van der Waals surface area contributed by atoms with Crippen molar-refractivity contribution < 1.29 is 23.1 Å². The number of fused-ring (bicyclic) bond motifs is 1. The van der Waals surface area contributed by atoms with Gasteiger partial charge in [0.25, 0.3) is 0 Å². The van der Waals surface area contributed by atoms with Gasteiger partial charge in [0, 0.05) is 19.3 Å². The monoisotopic (exact) mass is 431 g/mol. The number of sulfone groups is 1. The Kier molecular flexibility index (Phi) is 5.39. The molecule has 30 heavy (non-hydrogen) atoms. The van der Waals surface area contributed by atoms with Crippen molar-refractivity contribution in [2.45, 2.75) is 23.8 Å². The van der Waals surface area contributed by atoms with Gasteiger partial charge in [0.15, 0.2) is 15.5 Å². The first-order valence-electron chi connectivity index (χ1n) is 9.41. The normalized spacial score (nSPS) is 16.0. The van der Waals surface area contributed by atoms with Crippen molar-refractivity contribution in [2.75, 3.05) is 25.9 Å². The molecule has 2 aromatic heterocycles. The summed E-state index contributed by atoms with van der Waals surface area (Å²) in [6.07, 6.45) is 5.54. The van der Waals surface area contributed by atoms with E-state index in [4.69, 9.17) is 9.84 Å². The van der Waals surface area contributed by atoms with Gasteiger partial charge in [-0.25, -0.2) is 23.1 Å². The van der Waals surface area contributed by atoms with Crippen molar-refractivity contribution in [2.24, 2.45) is 0 Å². The third-order valence-electron chi connectivity index (χ3n) is 5.01. The number of piperidine rings is 1. The summed E-state index contributed by atoms with van der Waals surface area (Å²) in [5.41, 5.74) is 1.22. The first-order chi connectivity index (χ1) is 14.3. The molecule has 158 valence electrons. The van der Waals surface area contributed by atoms with Crippen molar-refractivity contribution in [3.8, 4) is 11.6 Å². The van der Waals surface area contributed by atoms with Crippen molar-refractivity contribution in [1.29, 1.82) is 0 Å². The zero-order valence-corrected chi connectivity index (χ0v) is 17.1. The van der Waals surface area contributed by atoms with Crippen LogP contribution in [0.25, 0.3) is 16.7 Å². The number of aromatic nitrogens is 4. The van der Waals surface area contributed by atoms with Gasteiger partial charge in [-0.15, -0.1) is 0 Å². The molecule has 0 amide bonds. The fourth-order valence-corrected chi connectivity index (χ4v) is 4.10. The highest BCUT2D eigenvalue weighted by Gasteiger charge is 2.23. The summed E-state index contributed by atoms with van der Waals surface area (Å²) in [5, 5.41) is 13.9. The minimum atomic E-state index is -3.28. The van der Waals surface area contributed by atoms with E-state index < -0.39 is 15.8 Å². The van der Waals surface area contributed by atoms with E-state index in [0.29, 0.717) is 48.5 Å². The van der Waals surface area contributed by atoms with E-state index in [1.165, 1.54) is 18.5 Å². The Morgan fingerprint density at radius 2 is 1.90 bits per heavy atom. The number of hydrogen-bond acceptors (Lipinski definition) is 8. The van der Waals surface area contributed by atoms with Gasteiger partial charge in [-0.1, -0.05) is 0 Å². The lowest BCUT2D eigenvalue weighted by atomic mass is 10.1. The molecule has 1 saturated heterocycles. The average Bonchev–Trinajstić information content (AvgIpc) is 3.14. The standard InChI is InChI=1S/C19H21N5O5S/c1-30(27,28)15-4-2-13(3-5-15)24-18-16(10-22-24)19(21-12-20-18)29-14-6-8-23(9-7-14)11-17(25)26/h2-5,10,12,14H,6-9,11H2,1H3,(H,25,26). The van der Waals surface area contributed by atoms with Crippen molar-refractivity contribution in [3.05, 3.63) is 36.8 Å². The van der Waals surface area contributed by atoms with Crippen molar-refractivity contribution in [3.63, 3.8) is 0 Å². The van der Waals surface area contributed by atoms with Crippen LogP contribution in [0.3, 0.4) is 0 Å². The molecule has 4 rings (SSSR count). The highest BCUT2D eigenvalue weighted by Crippen LogP contribution is 2.26. The lowest BCUT2D eigenvalue weighted by Crippen LogP contribution is -2.40. The summed E-state index contributed by atoms with van der Waals surface area (Å²) in [6, 6.07) is 6.40. The molecular weight excluding hydrogens is 410 g/mol. The van der Waals surface area contributed by atoms with Gasteiger partial charge in [-0.05, 0) is 37.1 Å². The summed E-state index contributed by atoms with van der Waals surface area (Å²) >= 11 is 0. The van der Waals surface area contributed by atoms with Crippen LogP contribution < -0.4 is 4.74 Å². The molecule has 3 heterocycles. The molecule has 1 aliphatic heterocycles. The number of aliphatic carboxylic acids is 1. The first-order valence-corrected chi connectivity index (χ1v) is 11.3. The summed E-state index contributed by atoms with van der Waals surface area (Å²) in [5.74, 6) is -0.403. The van der Waals surface area contributed by atoms with Crippen LogP contribution in [0.15, 0.2) is 41.7 Å². The Hall–Kier alpha value is -3.05. The third-order valence-corrected chi connectivity index (χ3v) is 6.14. The molecular formula is C19H21N5O5S. The number of nitrogens with zero attached hydrogens (tertiary/aromatic N) is 5. The number of benzene rings is 1. The molecule has 0 aliphatic carbocycles. The fraction of sp³-hybridized carbons (Fsp3) is 0.368. The minimum Gasteiger partial charge on any atom is -0.480 e. The Morgan fingerprint density at radius 1 is 1.20 bits per heavy atom. The zero-order valence-electron chi connectivity index (χ0n) is 16.3. The Labute approximate surface area is 173 Å². The zero-order chi connectivity index (χ0) is 21.3. The maximum Gasteiger partial charge on any atom is 0.317 e. The molecule has 11 heteroatoms. The number of hydrogen-bond donors (Lipinski definition) is 1. The molecule has 0 saturated carbocycles. The maximum absolute atomic E-state index is 11.7. The summed E-state index contributed by atoms with van der Waals surface area (Å²) in [6.45, 7) is 1.34. The van der Waals surface area contributed by atoms with Gasteiger partial charge < -0.3 is 9.84 Å². The number of ether oxygens (including phenoxy) is 1. The largest absolute Gasteiger partial charge is 0.480 e. The number of carbonyl (C=O) groups is 1. The van der Waals surface area contributed by atoms with Gasteiger partial charge >= 0.3 is 5.97 Å². The molecule has 0 atom stereocenters. The molecule has 0 radical (unpaired) electrons. The molecule has 1 N–H and O–H groups in total. The van der Waals surface area contributed by atoms with E-state index in [9.17, 15) is 13.2 Å². The maximum atomic E-state index is 11.7. The Morgan fingerprint density at radius 3 is 2.53 bits per heavy atom. The molecule has 0 unspecified atom stereocenters. The van der Waals surface area contributed by atoms with Crippen LogP contribution in [0, 0.1) is 0 Å². The van der Waals surface area contributed by atoms with Crippen LogP contribution in [0.1, 0.15) is 12.8 Å². The molecule has 0 spiro atoms. The van der Waals surface area contributed by atoms with E-state index in [1.807, 2.05) is 4.90 Å². The lowest BCUT2D eigenvalue weighted by molar-refractivity contribution is -0.138. The van der Waals surface area contributed by atoms with E-state index in [-0.39, 0.29) is 17.5 Å². The van der Waals surface area contributed by atoms with Gasteiger partial charge in [0.1, 0.15) is 17.8 Å². The molecule has 10 nitrogen and oxygen atoms in total. The van der Waals surface area contributed by atoms with Gasteiger partial charge in [-0.3, -0.25) is 9.69 Å². The van der Waals surface area contributed by atoms with Crippen molar-refractivity contribution >= 4 is 26.8 Å². The average molecular weight is 431 g/mol. The predicted octanol–water partition coefficient (Wildman–Crippen LogP) is 1.15. The second kappa shape index (κ2) is 8.00. The van der Waals surface area contributed by atoms with Gasteiger partial charge in [0.05, 0.1) is 23.3 Å². The minimum absolute atomic E-state index is 0.0371. The Bertz CT molecular complexity index is 1170. The highest BCUT2D eigenvalue weighted by atomic mass is 32.2. The summed E-state index contributed by atoms with van der Waals surface area (Å²) in [7, 11) is -3.28. The second-order valence-corrected chi connectivity index (χ2v) is 9.24. The van der Waals surface area contributed by atoms with E-state index in [0.717, 1.165) is 6.26 Å². The van der Waals surface area contributed by atoms with Crippen molar-refractivity contribution in [1.82, 2.24) is 24.6 Å². The smallest absolute Gasteiger partial charge is 0.317 e. The van der Waals surface area contributed by atoms with Crippen LogP contribution in [-0.2, 0) is 14.6 Å². The third kappa shape index (κ3) is 4.26. The van der Waals surface area contributed by atoms with Gasteiger partial charge in [-0.2, -0.15) is 5.10 Å². The van der Waals surface area contributed by atoms with Gasteiger partial charge in [0.2, 0.25) is 5.88 Å². The van der Waals surface area contributed by atoms with Crippen LogP contribution in [0.4, 0.5) is 0 Å². The second-order valence-electron chi connectivity index (χ2n) is 7.23. The van der Waals surface area contributed by atoms with Crippen LogP contribution >= 0.6 is 0 Å². The SMILES string of the molecule is CS(=O)(=O)c1ccc(-n2ncc3c(OC4CCN(CC(=O)O)CC4)ncnc32)cc1. The van der Waals surface area contributed by atoms with E-state index in [1.54, 1.807) is 23.0 Å². The first kappa shape index (κ1) is 20.2. The lowest BCUT2D eigenvalue weighted by Gasteiger charge is -2.30. The number of likely N-dealkylation sites (tertiary alicyclic amines) is 1. The van der Waals surface area contributed by atoms with Crippen LogP contribution in [0.5, 0.6) is 5.88 Å². The highest BCUT2D eigenvalue weighted by molar-refractivity contribution is 7.90. The topological polar surface area (TPSA) is 128 Å². The predicted molar refractivity (Wildman–Crippen MR) is 107 cm³/mol. The summed E-state index contributed by atoms with van der Waals surface area (Å²) in [4.78, 5) is 21.5. The van der Waals surface area contributed by atoms with E-state index in [2.05, 4.69) is 15.1 Å². The number of carboxylic acid groups (broad SMARTS) is 1. The molecule has 1 aliphatic rings. The van der Waals surface area contributed by atoms with Crippen LogP contribution in [-0.4, -0.2) is 76.1 Å². The van der Waals surface area contributed by atoms with Crippen LogP contribution in [0.2, 0.25) is 0 Å².